The van der Waals surface area contributed by atoms with E-state index in [1.807, 2.05) is 13.8 Å². The van der Waals surface area contributed by atoms with Crippen molar-refractivity contribution in [2.24, 2.45) is 5.92 Å². The average molecular weight is 454 g/mol. The Morgan fingerprint density at radius 3 is 1.19 bits per heavy atom. The summed E-state index contributed by atoms with van der Waals surface area (Å²) in [7, 11) is 0. The molecule has 0 radical (unpaired) electrons. The van der Waals surface area contributed by atoms with Crippen LogP contribution in [0.2, 0.25) is 0 Å². The molecule has 0 aliphatic heterocycles. The SMILES string of the molecule is CCCCCCCCCCCCCCCCCCCCCCC(=O)N[C@H](C(=O)O)C(C)C. The lowest BCUT2D eigenvalue weighted by Gasteiger charge is -2.17. The molecule has 0 bridgehead atoms. The first-order valence-corrected chi connectivity index (χ1v) is 14.0. The Labute approximate surface area is 199 Å². The Hall–Kier alpha value is -1.06. The highest BCUT2D eigenvalue weighted by Gasteiger charge is 2.22. The first kappa shape index (κ1) is 30.9. The van der Waals surface area contributed by atoms with Crippen molar-refractivity contribution in [2.75, 3.05) is 0 Å². The molecule has 0 aromatic carbocycles. The zero-order valence-electron chi connectivity index (χ0n) is 21.8. The number of carboxylic acids is 1. The lowest BCUT2D eigenvalue weighted by molar-refractivity contribution is -0.143. The topological polar surface area (TPSA) is 66.4 Å². The Morgan fingerprint density at radius 2 is 0.906 bits per heavy atom. The van der Waals surface area contributed by atoms with Crippen LogP contribution in [0.1, 0.15) is 156 Å². The Kier molecular flexibility index (Phi) is 22.3. The van der Waals surface area contributed by atoms with Crippen molar-refractivity contribution in [2.45, 2.75) is 162 Å². The quantitative estimate of drug-likeness (QED) is 0.144. The van der Waals surface area contributed by atoms with Crippen LogP contribution in [-0.4, -0.2) is 23.0 Å². The fourth-order valence-electron chi connectivity index (χ4n) is 4.30. The maximum Gasteiger partial charge on any atom is 0.326 e. The highest BCUT2D eigenvalue weighted by Crippen LogP contribution is 2.15. The van der Waals surface area contributed by atoms with Gasteiger partial charge >= 0.3 is 5.97 Å². The second kappa shape index (κ2) is 23.1. The highest BCUT2D eigenvalue weighted by atomic mass is 16.4. The maximum absolute atomic E-state index is 11.9. The minimum Gasteiger partial charge on any atom is -0.480 e. The lowest BCUT2D eigenvalue weighted by Crippen LogP contribution is -2.44. The molecule has 4 heteroatoms. The van der Waals surface area contributed by atoms with Gasteiger partial charge in [0.2, 0.25) is 5.91 Å². The first-order valence-electron chi connectivity index (χ1n) is 14.0. The van der Waals surface area contributed by atoms with E-state index < -0.39 is 12.0 Å². The van der Waals surface area contributed by atoms with E-state index in [2.05, 4.69) is 12.2 Å². The molecule has 0 fully saturated rings. The van der Waals surface area contributed by atoms with Crippen molar-refractivity contribution < 1.29 is 14.7 Å². The van der Waals surface area contributed by atoms with Gasteiger partial charge in [-0.1, -0.05) is 143 Å². The number of amides is 1. The van der Waals surface area contributed by atoms with Crippen LogP contribution in [0.15, 0.2) is 0 Å². The molecule has 2 N–H and O–H groups in total. The molecule has 0 aromatic rings. The molecule has 1 amide bonds. The molecule has 0 aliphatic rings. The molecule has 190 valence electrons. The van der Waals surface area contributed by atoms with E-state index >= 15 is 0 Å². The molecule has 0 aliphatic carbocycles. The van der Waals surface area contributed by atoms with Crippen LogP contribution >= 0.6 is 0 Å². The van der Waals surface area contributed by atoms with Crippen molar-refractivity contribution >= 4 is 11.9 Å². The van der Waals surface area contributed by atoms with Gasteiger partial charge in [0, 0.05) is 6.42 Å². The van der Waals surface area contributed by atoms with Crippen LogP contribution in [0.5, 0.6) is 0 Å². The number of unbranched alkanes of at least 4 members (excludes halogenated alkanes) is 19. The number of nitrogens with one attached hydrogen (secondary N) is 1. The zero-order valence-corrected chi connectivity index (χ0v) is 21.8. The third-order valence-electron chi connectivity index (χ3n) is 6.51. The summed E-state index contributed by atoms with van der Waals surface area (Å²) in [5, 5.41) is 11.8. The third-order valence-corrected chi connectivity index (χ3v) is 6.51. The number of hydrogen-bond donors (Lipinski definition) is 2. The third kappa shape index (κ3) is 20.8. The summed E-state index contributed by atoms with van der Waals surface area (Å²) in [5.74, 6) is -1.17. The molecule has 4 nitrogen and oxygen atoms in total. The lowest BCUT2D eigenvalue weighted by atomic mass is 10.0. The van der Waals surface area contributed by atoms with E-state index in [0.29, 0.717) is 6.42 Å². The van der Waals surface area contributed by atoms with E-state index in [9.17, 15) is 9.59 Å². The summed E-state index contributed by atoms with van der Waals surface area (Å²) in [6.07, 6.45) is 27.3. The molecule has 0 rings (SSSR count). The summed E-state index contributed by atoms with van der Waals surface area (Å²) in [6.45, 7) is 5.91. The predicted molar refractivity (Wildman–Crippen MR) is 137 cm³/mol. The van der Waals surface area contributed by atoms with E-state index in [1.54, 1.807) is 0 Å². The molecule has 1 atom stereocenters. The van der Waals surface area contributed by atoms with Crippen LogP contribution in [0.4, 0.5) is 0 Å². The predicted octanol–water partition coefficient (Wildman–Crippen LogP) is 8.42. The molecular formula is C28H55NO3. The van der Waals surface area contributed by atoms with Crippen molar-refractivity contribution in [3.05, 3.63) is 0 Å². The minimum absolute atomic E-state index is 0.0913. The van der Waals surface area contributed by atoms with Crippen molar-refractivity contribution in [1.82, 2.24) is 5.32 Å². The number of carbonyl (C=O) groups is 2. The molecule has 0 spiro atoms. The fourth-order valence-corrected chi connectivity index (χ4v) is 4.30. The summed E-state index contributed by atoms with van der Waals surface area (Å²) in [4.78, 5) is 23.0. The van der Waals surface area contributed by atoms with Crippen molar-refractivity contribution in [1.29, 1.82) is 0 Å². The second-order valence-corrected chi connectivity index (χ2v) is 10.1. The largest absolute Gasteiger partial charge is 0.480 e. The molecule has 0 unspecified atom stereocenters. The van der Waals surface area contributed by atoms with Crippen molar-refractivity contribution in [3.63, 3.8) is 0 Å². The summed E-state index contributed by atoms with van der Waals surface area (Å²) in [5.41, 5.74) is 0. The zero-order chi connectivity index (χ0) is 23.9. The fraction of sp³-hybridized carbons (Fsp3) is 0.929. The number of hydrogen-bond acceptors (Lipinski definition) is 2. The smallest absolute Gasteiger partial charge is 0.326 e. The van der Waals surface area contributed by atoms with Crippen LogP contribution in [0, 0.1) is 5.92 Å². The van der Waals surface area contributed by atoms with Gasteiger partial charge in [-0.15, -0.1) is 0 Å². The highest BCUT2D eigenvalue weighted by molar-refractivity contribution is 5.83. The molecule has 32 heavy (non-hydrogen) atoms. The maximum atomic E-state index is 11.9. The molecule has 0 heterocycles. The number of carboxylic acid groups (broad SMARTS) is 1. The molecular weight excluding hydrogens is 398 g/mol. The van der Waals surface area contributed by atoms with Gasteiger partial charge in [0.15, 0.2) is 0 Å². The number of rotatable bonds is 24. The Balaban J connectivity index is 3.27. The standard InChI is InChI=1S/C28H55NO3/c1-4-5-6-7-8-9-10-11-12-13-14-15-16-17-18-19-20-21-22-23-24-26(30)29-27(25(2)3)28(31)32/h25,27H,4-24H2,1-3H3,(H,29,30)(H,31,32)/t27-/m0/s1. The minimum atomic E-state index is -0.947. The Morgan fingerprint density at radius 1 is 0.594 bits per heavy atom. The monoisotopic (exact) mass is 453 g/mol. The van der Waals surface area contributed by atoms with Gasteiger partial charge in [0.1, 0.15) is 6.04 Å². The second-order valence-electron chi connectivity index (χ2n) is 10.1. The number of aliphatic carboxylic acids is 1. The van der Waals surface area contributed by atoms with Gasteiger partial charge in [-0.25, -0.2) is 4.79 Å². The normalized spacial score (nSPS) is 12.2. The molecule has 0 saturated carbocycles. The summed E-state index contributed by atoms with van der Waals surface area (Å²) in [6, 6.07) is -0.771. The molecule has 0 saturated heterocycles. The average Bonchev–Trinajstić information content (AvgIpc) is 2.75. The van der Waals surface area contributed by atoms with Crippen LogP contribution in [0.3, 0.4) is 0 Å². The van der Waals surface area contributed by atoms with Crippen molar-refractivity contribution in [3.8, 4) is 0 Å². The van der Waals surface area contributed by atoms with Gasteiger partial charge in [-0.3, -0.25) is 4.79 Å². The van der Waals surface area contributed by atoms with Gasteiger partial charge in [-0.05, 0) is 12.3 Å². The van der Waals surface area contributed by atoms with Gasteiger partial charge in [0.25, 0.3) is 0 Å². The van der Waals surface area contributed by atoms with E-state index in [-0.39, 0.29) is 11.8 Å². The first-order chi connectivity index (χ1) is 15.5. The van der Waals surface area contributed by atoms with E-state index in [1.165, 1.54) is 116 Å². The van der Waals surface area contributed by atoms with Gasteiger partial charge in [0.05, 0.1) is 0 Å². The molecule has 0 aromatic heterocycles. The summed E-state index contributed by atoms with van der Waals surface area (Å²) < 4.78 is 0. The van der Waals surface area contributed by atoms with Crippen LogP contribution < -0.4 is 5.32 Å². The van der Waals surface area contributed by atoms with E-state index in [4.69, 9.17) is 5.11 Å². The van der Waals surface area contributed by atoms with Gasteiger partial charge in [-0.2, -0.15) is 0 Å². The Bertz CT molecular complexity index is 436. The summed E-state index contributed by atoms with van der Waals surface area (Å²) >= 11 is 0. The van der Waals surface area contributed by atoms with Crippen LogP contribution in [0.25, 0.3) is 0 Å². The van der Waals surface area contributed by atoms with Crippen LogP contribution in [-0.2, 0) is 9.59 Å². The van der Waals surface area contributed by atoms with E-state index in [0.717, 1.165) is 12.8 Å². The number of carbonyl (C=O) groups excluding carboxylic acids is 1. The van der Waals surface area contributed by atoms with Gasteiger partial charge < -0.3 is 10.4 Å².